The van der Waals surface area contributed by atoms with Crippen molar-refractivity contribution < 1.29 is 18.8 Å². The smallest absolute Gasteiger partial charge is 0.310 e. The van der Waals surface area contributed by atoms with Crippen molar-refractivity contribution in [3.05, 3.63) is 51.6 Å². The molecule has 1 amide bonds. The number of nitrogens with zero attached hydrogens (tertiary/aromatic N) is 4. The van der Waals surface area contributed by atoms with E-state index in [4.69, 9.17) is 4.74 Å². The van der Waals surface area contributed by atoms with Gasteiger partial charge in [-0.3, -0.25) is 14.9 Å². The first-order chi connectivity index (χ1) is 11.8. The van der Waals surface area contributed by atoms with E-state index < -0.39 is 22.9 Å². The summed E-state index contributed by atoms with van der Waals surface area (Å²) in [7, 11) is 1.45. The lowest BCUT2D eigenvalue weighted by molar-refractivity contribution is -0.386. The zero-order valence-electron chi connectivity index (χ0n) is 13.8. The summed E-state index contributed by atoms with van der Waals surface area (Å²) >= 11 is 0. The van der Waals surface area contributed by atoms with Gasteiger partial charge in [-0.25, -0.2) is 10.1 Å². The van der Waals surface area contributed by atoms with Gasteiger partial charge in [0, 0.05) is 13.1 Å². The van der Waals surface area contributed by atoms with E-state index in [9.17, 15) is 19.3 Å². The lowest BCUT2D eigenvalue weighted by atomic mass is 10.3. The SMILES string of the molecule is Cc1nn(C)c(F)c1/C=N/NC(=O)C(C)Oc1ccccc1[N+](=O)[O-]. The Labute approximate surface area is 142 Å². The predicted molar refractivity (Wildman–Crippen MR) is 86.8 cm³/mol. The lowest BCUT2D eigenvalue weighted by Crippen LogP contribution is -2.33. The van der Waals surface area contributed by atoms with Crippen LogP contribution in [0.2, 0.25) is 0 Å². The van der Waals surface area contributed by atoms with E-state index in [0.717, 1.165) is 10.9 Å². The number of nitro groups is 1. The van der Waals surface area contributed by atoms with E-state index in [1.807, 2.05) is 0 Å². The fourth-order valence-corrected chi connectivity index (χ4v) is 2.00. The molecule has 0 saturated heterocycles. The van der Waals surface area contributed by atoms with Gasteiger partial charge in [-0.05, 0) is 19.9 Å². The first kappa shape index (κ1) is 18.0. The molecule has 0 aliphatic heterocycles. The first-order valence-electron chi connectivity index (χ1n) is 7.23. The lowest BCUT2D eigenvalue weighted by Gasteiger charge is -2.12. The average molecular weight is 349 g/mol. The highest BCUT2D eigenvalue weighted by Crippen LogP contribution is 2.26. The average Bonchev–Trinajstić information content (AvgIpc) is 2.81. The van der Waals surface area contributed by atoms with Crippen LogP contribution in [-0.2, 0) is 11.8 Å². The minimum Gasteiger partial charge on any atom is -0.474 e. The van der Waals surface area contributed by atoms with Crippen LogP contribution in [-0.4, -0.2) is 32.9 Å². The van der Waals surface area contributed by atoms with E-state index in [1.54, 1.807) is 13.0 Å². The monoisotopic (exact) mass is 349 g/mol. The van der Waals surface area contributed by atoms with Crippen molar-refractivity contribution in [1.82, 2.24) is 15.2 Å². The van der Waals surface area contributed by atoms with Crippen LogP contribution in [0.15, 0.2) is 29.4 Å². The maximum atomic E-state index is 13.7. The third kappa shape index (κ3) is 4.16. The minimum atomic E-state index is -1.04. The van der Waals surface area contributed by atoms with Gasteiger partial charge in [0.1, 0.15) is 0 Å². The fourth-order valence-electron chi connectivity index (χ4n) is 2.00. The summed E-state index contributed by atoms with van der Waals surface area (Å²) in [6.07, 6.45) is 0.0888. The molecule has 10 heteroatoms. The van der Waals surface area contributed by atoms with Crippen LogP contribution in [0.4, 0.5) is 10.1 Å². The second kappa shape index (κ2) is 7.51. The Bertz CT molecular complexity index is 833. The van der Waals surface area contributed by atoms with E-state index in [-0.39, 0.29) is 17.0 Å². The van der Waals surface area contributed by atoms with Crippen molar-refractivity contribution in [1.29, 1.82) is 0 Å². The van der Waals surface area contributed by atoms with Gasteiger partial charge in [0.15, 0.2) is 11.9 Å². The summed E-state index contributed by atoms with van der Waals surface area (Å²) in [4.78, 5) is 22.3. The van der Waals surface area contributed by atoms with Crippen molar-refractivity contribution in [3.63, 3.8) is 0 Å². The number of para-hydroxylation sites is 2. The molecule has 2 aromatic rings. The van der Waals surface area contributed by atoms with Crippen LogP contribution < -0.4 is 10.2 Å². The molecule has 9 nitrogen and oxygen atoms in total. The molecule has 0 bridgehead atoms. The number of rotatable bonds is 6. The van der Waals surface area contributed by atoms with Gasteiger partial charge >= 0.3 is 5.69 Å². The van der Waals surface area contributed by atoms with Crippen molar-refractivity contribution in [2.24, 2.45) is 12.1 Å². The molecule has 1 N–H and O–H groups in total. The normalized spacial score (nSPS) is 12.2. The van der Waals surface area contributed by atoms with Crippen LogP contribution in [0.5, 0.6) is 5.75 Å². The largest absolute Gasteiger partial charge is 0.474 e. The summed E-state index contributed by atoms with van der Waals surface area (Å²) in [5.41, 5.74) is 2.51. The van der Waals surface area contributed by atoms with Crippen LogP contribution in [0.25, 0.3) is 0 Å². The molecule has 25 heavy (non-hydrogen) atoms. The van der Waals surface area contributed by atoms with Gasteiger partial charge in [-0.15, -0.1) is 0 Å². The van der Waals surface area contributed by atoms with Crippen LogP contribution in [0, 0.1) is 23.0 Å². The maximum Gasteiger partial charge on any atom is 0.310 e. The number of amides is 1. The highest BCUT2D eigenvalue weighted by atomic mass is 19.1. The minimum absolute atomic E-state index is 0.0340. The molecular weight excluding hydrogens is 333 g/mol. The second-order valence-corrected chi connectivity index (χ2v) is 5.13. The van der Waals surface area contributed by atoms with Crippen molar-refractivity contribution in [3.8, 4) is 5.75 Å². The van der Waals surface area contributed by atoms with Crippen molar-refractivity contribution >= 4 is 17.8 Å². The molecular formula is C15H16FN5O4. The zero-order chi connectivity index (χ0) is 18.6. The number of carbonyl (C=O) groups excluding carboxylic acids is 1. The van der Waals surface area contributed by atoms with Crippen molar-refractivity contribution in [2.75, 3.05) is 0 Å². The number of nitrogens with one attached hydrogen (secondary N) is 1. The van der Waals surface area contributed by atoms with Crippen LogP contribution >= 0.6 is 0 Å². The Morgan fingerprint density at radius 2 is 2.20 bits per heavy atom. The highest BCUT2D eigenvalue weighted by Gasteiger charge is 2.20. The third-order valence-electron chi connectivity index (χ3n) is 3.30. The Hall–Kier alpha value is -3.30. The molecule has 1 heterocycles. The molecule has 2 rings (SSSR count). The summed E-state index contributed by atoms with van der Waals surface area (Å²) in [5.74, 6) is -1.26. The van der Waals surface area contributed by atoms with E-state index in [0.29, 0.717) is 5.69 Å². The number of aryl methyl sites for hydroxylation is 2. The van der Waals surface area contributed by atoms with Gasteiger partial charge in [-0.2, -0.15) is 14.6 Å². The Morgan fingerprint density at radius 3 is 2.80 bits per heavy atom. The number of hydrazone groups is 1. The second-order valence-electron chi connectivity index (χ2n) is 5.13. The molecule has 132 valence electrons. The number of ether oxygens (including phenoxy) is 1. The topological polar surface area (TPSA) is 112 Å². The number of aromatic nitrogens is 2. The molecule has 1 aromatic carbocycles. The Kier molecular flexibility index (Phi) is 5.42. The van der Waals surface area contributed by atoms with Gasteiger partial charge < -0.3 is 4.74 Å². The Morgan fingerprint density at radius 1 is 1.52 bits per heavy atom. The summed E-state index contributed by atoms with van der Waals surface area (Å²) in [6.45, 7) is 3.02. The Balaban J connectivity index is 2.01. The molecule has 0 aliphatic rings. The summed E-state index contributed by atoms with van der Waals surface area (Å²) < 4.78 is 20.1. The van der Waals surface area contributed by atoms with E-state index in [1.165, 1.54) is 32.2 Å². The van der Waals surface area contributed by atoms with Gasteiger partial charge in [-0.1, -0.05) is 12.1 Å². The molecule has 0 aliphatic carbocycles. The van der Waals surface area contributed by atoms with Gasteiger partial charge in [0.25, 0.3) is 5.91 Å². The quantitative estimate of drug-likeness (QED) is 0.484. The summed E-state index contributed by atoms with van der Waals surface area (Å²) in [5, 5.41) is 18.5. The molecule has 0 saturated carbocycles. The molecule has 1 atom stereocenters. The molecule has 1 aromatic heterocycles. The van der Waals surface area contributed by atoms with Gasteiger partial charge in [0.2, 0.25) is 5.95 Å². The van der Waals surface area contributed by atoms with Crippen LogP contribution in [0.1, 0.15) is 18.2 Å². The third-order valence-corrected chi connectivity index (χ3v) is 3.30. The number of hydrogen-bond acceptors (Lipinski definition) is 6. The number of benzene rings is 1. The molecule has 0 radical (unpaired) electrons. The molecule has 0 fully saturated rings. The van der Waals surface area contributed by atoms with Crippen molar-refractivity contribution in [2.45, 2.75) is 20.0 Å². The molecule has 0 spiro atoms. The van der Waals surface area contributed by atoms with Gasteiger partial charge in [0.05, 0.1) is 22.4 Å². The number of halogens is 1. The number of nitro benzene ring substituents is 1. The van der Waals surface area contributed by atoms with Crippen LogP contribution in [0.3, 0.4) is 0 Å². The summed E-state index contributed by atoms with van der Waals surface area (Å²) in [6, 6.07) is 5.70. The number of hydrogen-bond donors (Lipinski definition) is 1. The van der Waals surface area contributed by atoms with E-state index in [2.05, 4.69) is 15.6 Å². The zero-order valence-corrected chi connectivity index (χ0v) is 13.8. The fraction of sp³-hybridized carbons (Fsp3) is 0.267. The highest BCUT2D eigenvalue weighted by molar-refractivity contribution is 5.85. The standard InChI is InChI=1S/C15H16FN5O4/c1-9-11(14(16)20(3)19-9)8-17-18-15(22)10(2)25-13-7-5-4-6-12(13)21(23)24/h4-8,10H,1-3H3,(H,18,22)/b17-8+. The number of carbonyl (C=O) groups is 1. The maximum absolute atomic E-state index is 13.7. The molecule has 1 unspecified atom stereocenters. The first-order valence-corrected chi connectivity index (χ1v) is 7.23. The van der Waals surface area contributed by atoms with E-state index >= 15 is 0 Å². The predicted octanol–water partition coefficient (Wildman–Crippen LogP) is 1.69.